The second-order valence-corrected chi connectivity index (χ2v) is 4.56. The summed E-state index contributed by atoms with van der Waals surface area (Å²) in [4.78, 5) is 10.5. The van der Waals surface area contributed by atoms with E-state index < -0.39 is 4.92 Å². The molecule has 0 amide bonds. The Hall–Kier alpha value is -1.86. The van der Waals surface area contributed by atoms with Crippen molar-refractivity contribution in [2.24, 2.45) is 0 Å². The molecule has 0 aromatic heterocycles. The minimum absolute atomic E-state index is 0.0229. The van der Waals surface area contributed by atoms with Crippen molar-refractivity contribution in [2.75, 3.05) is 32.1 Å². The summed E-state index contributed by atoms with van der Waals surface area (Å²) in [5.74, 6) is 0.280. The molecular weight excluding hydrogens is 262 g/mol. The maximum Gasteiger partial charge on any atom is 0.311 e. The summed E-state index contributed by atoms with van der Waals surface area (Å²) in [7, 11) is 1.67. The van der Waals surface area contributed by atoms with E-state index >= 15 is 0 Å². The zero-order chi connectivity index (χ0) is 14.5. The minimum atomic E-state index is -0.441. The Morgan fingerprint density at radius 2 is 2.30 bits per heavy atom. The topological polar surface area (TPSA) is 85.7 Å². The smallest absolute Gasteiger partial charge is 0.311 e. The van der Waals surface area contributed by atoms with Crippen LogP contribution in [0.5, 0.6) is 5.75 Å². The van der Waals surface area contributed by atoms with Gasteiger partial charge in [-0.3, -0.25) is 10.1 Å². The van der Waals surface area contributed by atoms with Crippen molar-refractivity contribution in [3.8, 4) is 5.75 Å². The highest BCUT2D eigenvalue weighted by molar-refractivity contribution is 5.58. The van der Waals surface area contributed by atoms with Gasteiger partial charge in [-0.1, -0.05) is 0 Å². The van der Waals surface area contributed by atoms with Crippen molar-refractivity contribution in [2.45, 2.75) is 19.1 Å². The van der Waals surface area contributed by atoms with E-state index in [1.807, 2.05) is 0 Å². The zero-order valence-corrected chi connectivity index (χ0v) is 11.6. The standard InChI is InChI=1S/C13H19N3O4/c1-3-20-12-6-9(4-5-11(12)16(17)18)15-10-7-14-8-13(10)19-2/h4-6,10,13-15H,3,7-8H2,1-2H3/t10?,13-/m0/s1. The third-order valence-corrected chi connectivity index (χ3v) is 3.27. The molecule has 7 nitrogen and oxygen atoms in total. The van der Waals surface area contributed by atoms with Gasteiger partial charge in [0.05, 0.1) is 23.7 Å². The van der Waals surface area contributed by atoms with Crippen LogP contribution in [0.25, 0.3) is 0 Å². The highest BCUT2D eigenvalue weighted by Crippen LogP contribution is 2.30. The molecule has 110 valence electrons. The number of benzene rings is 1. The van der Waals surface area contributed by atoms with E-state index in [1.165, 1.54) is 6.07 Å². The second kappa shape index (κ2) is 6.53. The van der Waals surface area contributed by atoms with Gasteiger partial charge in [0.2, 0.25) is 0 Å². The van der Waals surface area contributed by atoms with Gasteiger partial charge >= 0.3 is 5.69 Å². The molecule has 1 aliphatic heterocycles. The van der Waals surface area contributed by atoms with Crippen LogP contribution < -0.4 is 15.4 Å². The van der Waals surface area contributed by atoms with Crippen molar-refractivity contribution in [3.05, 3.63) is 28.3 Å². The van der Waals surface area contributed by atoms with Gasteiger partial charge in [-0.05, 0) is 13.0 Å². The van der Waals surface area contributed by atoms with Gasteiger partial charge in [-0.25, -0.2) is 0 Å². The molecule has 1 aromatic carbocycles. The molecule has 0 saturated carbocycles. The first kappa shape index (κ1) is 14.5. The highest BCUT2D eigenvalue weighted by Gasteiger charge is 2.27. The number of nitrogens with one attached hydrogen (secondary N) is 2. The summed E-state index contributed by atoms with van der Waals surface area (Å²) < 4.78 is 10.7. The molecule has 7 heteroatoms. The van der Waals surface area contributed by atoms with Crippen LogP contribution in [-0.4, -0.2) is 43.9 Å². The number of methoxy groups -OCH3 is 1. The van der Waals surface area contributed by atoms with Gasteiger partial charge in [-0.15, -0.1) is 0 Å². The molecule has 2 atom stereocenters. The molecule has 1 fully saturated rings. The quantitative estimate of drug-likeness (QED) is 0.605. The zero-order valence-electron chi connectivity index (χ0n) is 11.6. The fourth-order valence-electron chi connectivity index (χ4n) is 2.29. The summed E-state index contributed by atoms with van der Waals surface area (Å²) in [6, 6.07) is 4.94. The highest BCUT2D eigenvalue weighted by atomic mass is 16.6. The lowest BCUT2D eigenvalue weighted by atomic mass is 10.2. The molecule has 1 aromatic rings. The van der Waals surface area contributed by atoms with E-state index in [2.05, 4.69) is 10.6 Å². The Morgan fingerprint density at radius 1 is 1.50 bits per heavy atom. The maximum atomic E-state index is 10.9. The number of hydrogen-bond acceptors (Lipinski definition) is 6. The van der Waals surface area contributed by atoms with Crippen LogP contribution >= 0.6 is 0 Å². The van der Waals surface area contributed by atoms with E-state index in [0.717, 1.165) is 18.8 Å². The monoisotopic (exact) mass is 281 g/mol. The average molecular weight is 281 g/mol. The Labute approximate surface area is 117 Å². The van der Waals surface area contributed by atoms with Crippen LogP contribution in [0, 0.1) is 10.1 Å². The van der Waals surface area contributed by atoms with Crippen molar-refractivity contribution >= 4 is 11.4 Å². The number of rotatable bonds is 6. The number of anilines is 1. The molecule has 1 aliphatic rings. The van der Waals surface area contributed by atoms with E-state index in [4.69, 9.17) is 9.47 Å². The van der Waals surface area contributed by atoms with Gasteiger partial charge in [-0.2, -0.15) is 0 Å². The van der Waals surface area contributed by atoms with Crippen molar-refractivity contribution < 1.29 is 14.4 Å². The average Bonchev–Trinajstić information content (AvgIpc) is 2.86. The first-order valence-corrected chi connectivity index (χ1v) is 6.57. The minimum Gasteiger partial charge on any atom is -0.487 e. The van der Waals surface area contributed by atoms with Crippen LogP contribution in [0.4, 0.5) is 11.4 Å². The van der Waals surface area contributed by atoms with Crippen LogP contribution in [0.2, 0.25) is 0 Å². The molecule has 0 bridgehead atoms. The lowest BCUT2D eigenvalue weighted by Crippen LogP contribution is -2.33. The van der Waals surface area contributed by atoms with Crippen LogP contribution in [0.1, 0.15) is 6.92 Å². The molecule has 2 N–H and O–H groups in total. The molecule has 0 spiro atoms. The summed E-state index contributed by atoms with van der Waals surface area (Å²) in [6.07, 6.45) is 0.0840. The van der Waals surface area contributed by atoms with E-state index in [1.54, 1.807) is 26.2 Å². The van der Waals surface area contributed by atoms with Crippen LogP contribution in [0.3, 0.4) is 0 Å². The number of hydrogen-bond donors (Lipinski definition) is 2. The fraction of sp³-hybridized carbons (Fsp3) is 0.538. The molecule has 0 radical (unpaired) electrons. The van der Waals surface area contributed by atoms with Crippen LogP contribution in [0.15, 0.2) is 18.2 Å². The third-order valence-electron chi connectivity index (χ3n) is 3.27. The Kier molecular flexibility index (Phi) is 4.75. The van der Waals surface area contributed by atoms with Crippen molar-refractivity contribution in [1.82, 2.24) is 5.32 Å². The summed E-state index contributed by atoms with van der Waals surface area (Å²) in [5.41, 5.74) is 0.764. The Bertz CT molecular complexity index is 481. The normalized spacial score (nSPS) is 21.7. The Morgan fingerprint density at radius 3 is 2.95 bits per heavy atom. The maximum absolute atomic E-state index is 10.9. The first-order chi connectivity index (χ1) is 9.65. The summed E-state index contributed by atoms with van der Waals surface area (Å²) in [6.45, 7) is 3.76. The van der Waals surface area contributed by atoms with Crippen LogP contribution in [-0.2, 0) is 4.74 Å². The van der Waals surface area contributed by atoms with Gasteiger partial charge in [0.15, 0.2) is 5.75 Å². The summed E-state index contributed by atoms with van der Waals surface area (Å²) >= 11 is 0. The second-order valence-electron chi connectivity index (χ2n) is 4.56. The van der Waals surface area contributed by atoms with E-state index in [-0.39, 0.29) is 23.6 Å². The van der Waals surface area contributed by atoms with Crippen molar-refractivity contribution in [3.63, 3.8) is 0 Å². The third kappa shape index (κ3) is 3.17. The van der Waals surface area contributed by atoms with E-state index in [0.29, 0.717) is 6.61 Å². The number of nitrogens with zero attached hydrogens (tertiary/aromatic N) is 1. The van der Waals surface area contributed by atoms with Gasteiger partial charge in [0.25, 0.3) is 0 Å². The largest absolute Gasteiger partial charge is 0.487 e. The molecule has 2 rings (SSSR count). The molecule has 1 saturated heterocycles. The molecule has 1 unspecified atom stereocenters. The lowest BCUT2D eigenvalue weighted by Gasteiger charge is -2.20. The van der Waals surface area contributed by atoms with Gasteiger partial charge in [0, 0.05) is 38.0 Å². The van der Waals surface area contributed by atoms with Gasteiger partial charge < -0.3 is 20.1 Å². The fourth-order valence-corrected chi connectivity index (χ4v) is 2.29. The van der Waals surface area contributed by atoms with Gasteiger partial charge in [0.1, 0.15) is 0 Å². The SMILES string of the molecule is CCOc1cc(NC2CNC[C@@H]2OC)ccc1[N+](=O)[O-]. The van der Waals surface area contributed by atoms with E-state index in [9.17, 15) is 10.1 Å². The van der Waals surface area contributed by atoms with Crippen molar-refractivity contribution in [1.29, 1.82) is 0 Å². The summed E-state index contributed by atoms with van der Waals surface area (Å²) in [5, 5.41) is 17.5. The first-order valence-electron chi connectivity index (χ1n) is 6.57. The Balaban J connectivity index is 2.16. The lowest BCUT2D eigenvalue weighted by molar-refractivity contribution is -0.385. The molecule has 20 heavy (non-hydrogen) atoms. The number of nitro groups is 1. The molecule has 1 heterocycles. The number of nitro benzene ring substituents is 1. The molecule has 0 aliphatic carbocycles. The number of ether oxygens (including phenoxy) is 2. The predicted octanol–water partition coefficient (Wildman–Crippen LogP) is 1.39. The molecular formula is C13H19N3O4. The predicted molar refractivity (Wildman–Crippen MR) is 75.3 cm³/mol.